The number of nitrogens with two attached hydrogens (primary N) is 1. The molecule has 0 aliphatic carbocycles. The lowest BCUT2D eigenvalue weighted by atomic mass is 10.1. The van der Waals surface area contributed by atoms with Crippen LogP contribution in [0.2, 0.25) is 0 Å². The van der Waals surface area contributed by atoms with Gasteiger partial charge in [-0.25, -0.2) is 0 Å². The Morgan fingerprint density at radius 1 is 0.682 bits per heavy atom. The Balaban J connectivity index is 3.11. The van der Waals surface area contributed by atoms with E-state index >= 15 is 0 Å². The van der Waals surface area contributed by atoms with Gasteiger partial charge in [0.25, 0.3) is 0 Å². The second-order valence-corrected chi connectivity index (χ2v) is 6.12. The molecule has 0 saturated carbocycles. The summed E-state index contributed by atoms with van der Waals surface area (Å²) in [7, 11) is 0. The first kappa shape index (κ1) is 21.4. The smallest absolute Gasteiger partial charge is 0.00745 e. The van der Waals surface area contributed by atoms with Gasteiger partial charge in [-0.05, 0) is 45.1 Å². The summed E-state index contributed by atoms with van der Waals surface area (Å²) in [5.74, 6) is 0. The van der Waals surface area contributed by atoms with Gasteiger partial charge in [0.15, 0.2) is 0 Å². The molecule has 2 nitrogen and oxygen atoms in total. The number of allylic oxidation sites excluding steroid dienone is 4. The summed E-state index contributed by atoms with van der Waals surface area (Å²) >= 11 is 0. The van der Waals surface area contributed by atoms with E-state index in [1.165, 1.54) is 70.6 Å². The predicted molar refractivity (Wildman–Crippen MR) is 101 cm³/mol. The van der Waals surface area contributed by atoms with Gasteiger partial charge < -0.3 is 11.1 Å². The topological polar surface area (TPSA) is 38.0 Å². The molecule has 2 heteroatoms. The van der Waals surface area contributed by atoms with Crippen LogP contribution in [-0.2, 0) is 0 Å². The van der Waals surface area contributed by atoms with Crippen molar-refractivity contribution in [1.82, 2.24) is 5.32 Å². The number of hydrogen-bond donors (Lipinski definition) is 2. The molecule has 0 aliphatic heterocycles. The third-order valence-electron chi connectivity index (χ3n) is 3.88. The van der Waals surface area contributed by atoms with Gasteiger partial charge in [-0.3, -0.25) is 0 Å². The summed E-state index contributed by atoms with van der Waals surface area (Å²) in [6, 6.07) is 0. The van der Waals surface area contributed by atoms with Crippen LogP contribution in [0.1, 0.15) is 84.0 Å². The van der Waals surface area contributed by atoms with E-state index in [-0.39, 0.29) is 0 Å². The molecule has 0 saturated heterocycles. The molecular formula is C20H40N2. The third kappa shape index (κ3) is 19.4. The van der Waals surface area contributed by atoms with Crippen LogP contribution in [-0.4, -0.2) is 19.6 Å². The number of unbranched alkanes of at least 4 members (excludes halogenated alkanes) is 9. The first-order valence-corrected chi connectivity index (χ1v) is 9.62. The maximum absolute atomic E-state index is 5.43. The van der Waals surface area contributed by atoms with Crippen molar-refractivity contribution in [2.75, 3.05) is 19.6 Å². The summed E-state index contributed by atoms with van der Waals surface area (Å²) in [4.78, 5) is 0. The Bertz CT molecular complexity index is 246. The van der Waals surface area contributed by atoms with Crippen LogP contribution >= 0.6 is 0 Å². The van der Waals surface area contributed by atoms with E-state index in [2.05, 4.69) is 36.5 Å². The Morgan fingerprint density at radius 3 is 1.91 bits per heavy atom. The molecule has 0 unspecified atom stereocenters. The lowest BCUT2D eigenvalue weighted by Crippen LogP contribution is -2.23. The molecule has 130 valence electrons. The average Bonchev–Trinajstić information content (AvgIpc) is 2.54. The first-order valence-electron chi connectivity index (χ1n) is 9.62. The first-order chi connectivity index (χ1) is 10.9. The molecule has 22 heavy (non-hydrogen) atoms. The van der Waals surface area contributed by atoms with Crippen LogP contribution in [0.25, 0.3) is 0 Å². The molecule has 3 N–H and O–H groups in total. The number of nitrogens with one attached hydrogen (secondary N) is 1. The monoisotopic (exact) mass is 308 g/mol. The molecule has 0 heterocycles. The SMILES string of the molecule is CCCCCC=CCC=CCCCCCCCCNCCN. The average molecular weight is 309 g/mol. The third-order valence-corrected chi connectivity index (χ3v) is 3.88. The highest BCUT2D eigenvalue weighted by Crippen LogP contribution is 2.07. The van der Waals surface area contributed by atoms with E-state index < -0.39 is 0 Å². The van der Waals surface area contributed by atoms with Crippen LogP contribution in [0, 0.1) is 0 Å². The molecule has 0 atom stereocenters. The van der Waals surface area contributed by atoms with Crippen molar-refractivity contribution in [1.29, 1.82) is 0 Å². The van der Waals surface area contributed by atoms with Crippen molar-refractivity contribution in [3.63, 3.8) is 0 Å². The number of rotatable bonds is 17. The van der Waals surface area contributed by atoms with E-state index in [9.17, 15) is 0 Å². The van der Waals surface area contributed by atoms with E-state index in [1.54, 1.807) is 0 Å². The van der Waals surface area contributed by atoms with Crippen LogP contribution in [0.5, 0.6) is 0 Å². The minimum Gasteiger partial charge on any atom is -0.329 e. The Kier molecular flexibility index (Phi) is 19.8. The van der Waals surface area contributed by atoms with Crippen LogP contribution in [0.3, 0.4) is 0 Å². The van der Waals surface area contributed by atoms with Crippen molar-refractivity contribution >= 4 is 0 Å². The Hall–Kier alpha value is -0.600. The molecule has 0 bridgehead atoms. The summed E-state index contributed by atoms with van der Waals surface area (Å²) in [5.41, 5.74) is 5.43. The van der Waals surface area contributed by atoms with Crippen molar-refractivity contribution in [2.24, 2.45) is 5.73 Å². The minimum atomic E-state index is 0.752. The summed E-state index contributed by atoms with van der Waals surface area (Å²) in [6.45, 7) is 5.10. The zero-order chi connectivity index (χ0) is 16.1. The van der Waals surface area contributed by atoms with Crippen molar-refractivity contribution < 1.29 is 0 Å². The summed E-state index contributed by atoms with van der Waals surface area (Å²) < 4.78 is 0. The van der Waals surface area contributed by atoms with Gasteiger partial charge in [-0.2, -0.15) is 0 Å². The van der Waals surface area contributed by atoms with Gasteiger partial charge in [-0.15, -0.1) is 0 Å². The molecule has 0 aliphatic rings. The zero-order valence-electron chi connectivity index (χ0n) is 15.0. The van der Waals surface area contributed by atoms with E-state index in [0.717, 1.165) is 26.1 Å². The lowest BCUT2D eigenvalue weighted by molar-refractivity contribution is 0.569. The molecular weight excluding hydrogens is 268 g/mol. The highest BCUT2D eigenvalue weighted by Gasteiger charge is 1.91. The van der Waals surface area contributed by atoms with E-state index in [4.69, 9.17) is 5.73 Å². The Labute approximate surface area is 139 Å². The summed E-state index contributed by atoms with van der Waals surface area (Å²) in [6.07, 6.45) is 25.1. The molecule has 0 radical (unpaired) electrons. The molecule has 0 aromatic heterocycles. The summed E-state index contributed by atoms with van der Waals surface area (Å²) in [5, 5.41) is 3.34. The second kappa shape index (κ2) is 20.4. The Morgan fingerprint density at radius 2 is 1.27 bits per heavy atom. The molecule has 0 amide bonds. The molecule has 0 rings (SSSR count). The van der Waals surface area contributed by atoms with E-state index in [0.29, 0.717) is 0 Å². The highest BCUT2D eigenvalue weighted by atomic mass is 14.9. The largest absolute Gasteiger partial charge is 0.329 e. The maximum atomic E-state index is 5.43. The predicted octanol–water partition coefficient (Wildman–Crippen LogP) is 5.35. The normalized spacial score (nSPS) is 11.9. The van der Waals surface area contributed by atoms with Crippen molar-refractivity contribution in [2.45, 2.75) is 84.0 Å². The van der Waals surface area contributed by atoms with Crippen molar-refractivity contribution in [3.05, 3.63) is 24.3 Å². The van der Waals surface area contributed by atoms with Crippen molar-refractivity contribution in [3.8, 4) is 0 Å². The zero-order valence-corrected chi connectivity index (χ0v) is 15.0. The van der Waals surface area contributed by atoms with Crippen LogP contribution < -0.4 is 11.1 Å². The lowest BCUT2D eigenvalue weighted by Gasteiger charge is -2.02. The number of hydrogen-bond acceptors (Lipinski definition) is 2. The van der Waals surface area contributed by atoms with Gasteiger partial charge in [0.2, 0.25) is 0 Å². The van der Waals surface area contributed by atoms with Gasteiger partial charge in [0.05, 0.1) is 0 Å². The molecule has 0 aromatic rings. The highest BCUT2D eigenvalue weighted by molar-refractivity contribution is 4.92. The van der Waals surface area contributed by atoms with Crippen LogP contribution in [0.4, 0.5) is 0 Å². The minimum absolute atomic E-state index is 0.752. The van der Waals surface area contributed by atoms with E-state index in [1.807, 2.05) is 0 Å². The fourth-order valence-corrected chi connectivity index (χ4v) is 2.47. The van der Waals surface area contributed by atoms with Gasteiger partial charge in [0.1, 0.15) is 0 Å². The fraction of sp³-hybridized carbons (Fsp3) is 0.800. The fourth-order valence-electron chi connectivity index (χ4n) is 2.47. The standard InChI is InChI=1S/C20H40N2/c1-2-3-4-5-6-7-8-9-10-11-12-13-14-15-16-17-19-22-20-18-21/h6-7,9-10,22H,2-5,8,11-21H2,1H3. The maximum Gasteiger partial charge on any atom is 0.00745 e. The quantitative estimate of drug-likeness (QED) is 0.281. The molecule has 0 spiro atoms. The van der Waals surface area contributed by atoms with Gasteiger partial charge >= 0.3 is 0 Å². The molecule has 0 fully saturated rings. The van der Waals surface area contributed by atoms with Crippen LogP contribution in [0.15, 0.2) is 24.3 Å². The van der Waals surface area contributed by atoms with Gasteiger partial charge in [0, 0.05) is 13.1 Å². The molecule has 0 aromatic carbocycles. The second-order valence-electron chi connectivity index (χ2n) is 6.12. The van der Waals surface area contributed by atoms with Gasteiger partial charge in [-0.1, -0.05) is 69.8 Å².